The number of rotatable bonds is 13. The number of sulfonamides is 1. The van der Waals surface area contributed by atoms with Gasteiger partial charge in [-0.3, -0.25) is 18.6 Å². The number of benzene rings is 2. The lowest BCUT2D eigenvalue weighted by molar-refractivity contribution is -0.122. The summed E-state index contributed by atoms with van der Waals surface area (Å²) < 4.78 is 28.8. The highest BCUT2D eigenvalue weighted by Gasteiger charge is 2.28. The van der Waals surface area contributed by atoms with Gasteiger partial charge in [-0.2, -0.15) is 5.10 Å². The van der Waals surface area contributed by atoms with E-state index in [4.69, 9.17) is 9.90 Å². The van der Waals surface area contributed by atoms with Gasteiger partial charge in [-0.05, 0) is 56.9 Å². The molecule has 2 atom stereocenters. The maximum Gasteiger partial charge on any atom is 0.290 e. The van der Waals surface area contributed by atoms with Gasteiger partial charge in [0.2, 0.25) is 10.0 Å². The zero-order valence-corrected chi connectivity index (χ0v) is 25.5. The van der Waals surface area contributed by atoms with Crippen LogP contribution in [0.1, 0.15) is 48.2 Å². The standard InChI is InChI=1S/C29H40N6O4S.CH2O2/c1-3-31-25-15-24(16-26(17-25)35-12-8-9-13-40(35,38)39)29(37)33-27(14-22-10-6-5-7-11-22)28(36)20-30-18-23-19-32-34(4-2)21-23;2-1-3/h5-7,10-11,15-17,19,21,27-28,30-31,36H,3-4,8-9,12-14,18,20H2,1-2H3,(H,33,37);1H,(H,2,3)/t27-,28+;/m0./s1. The maximum atomic E-state index is 13.6. The molecule has 1 saturated heterocycles. The Morgan fingerprint density at radius 1 is 1.12 bits per heavy atom. The average molecular weight is 615 g/mol. The van der Waals surface area contributed by atoms with Gasteiger partial charge in [0, 0.05) is 55.7 Å². The molecule has 0 unspecified atom stereocenters. The van der Waals surface area contributed by atoms with Crippen molar-refractivity contribution in [2.75, 3.05) is 35.0 Å². The van der Waals surface area contributed by atoms with Crippen LogP contribution >= 0.6 is 0 Å². The van der Waals surface area contributed by atoms with Crippen LogP contribution < -0.4 is 20.3 Å². The van der Waals surface area contributed by atoms with Crippen LogP contribution in [0.25, 0.3) is 0 Å². The van der Waals surface area contributed by atoms with E-state index in [0.717, 1.165) is 24.1 Å². The molecule has 1 amide bonds. The van der Waals surface area contributed by atoms with E-state index in [1.807, 2.05) is 55.1 Å². The molecule has 1 aromatic heterocycles. The summed E-state index contributed by atoms with van der Waals surface area (Å²) in [5.41, 5.74) is 3.47. The number of nitrogens with zero attached hydrogens (tertiary/aromatic N) is 3. The third-order valence-electron chi connectivity index (χ3n) is 6.97. The fourth-order valence-corrected chi connectivity index (χ4v) is 6.47. The first-order chi connectivity index (χ1) is 20.7. The van der Waals surface area contributed by atoms with Crippen molar-refractivity contribution in [3.8, 4) is 0 Å². The third kappa shape index (κ3) is 10.1. The molecule has 0 bridgehead atoms. The summed E-state index contributed by atoms with van der Waals surface area (Å²) in [6.07, 6.45) is 4.72. The quantitative estimate of drug-likeness (QED) is 0.182. The van der Waals surface area contributed by atoms with Crippen LogP contribution in [0, 0.1) is 0 Å². The van der Waals surface area contributed by atoms with Crippen molar-refractivity contribution >= 4 is 33.8 Å². The topological polar surface area (TPSA) is 166 Å². The predicted octanol–water partition coefficient (Wildman–Crippen LogP) is 2.46. The van der Waals surface area contributed by atoms with Crippen molar-refractivity contribution in [2.24, 2.45) is 0 Å². The van der Waals surface area contributed by atoms with Gasteiger partial charge >= 0.3 is 0 Å². The number of hydrogen-bond donors (Lipinski definition) is 5. The zero-order valence-electron chi connectivity index (χ0n) is 24.6. The molecule has 4 rings (SSSR count). The van der Waals surface area contributed by atoms with Gasteiger partial charge in [-0.25, -0.2) is 8.42 Å². The fraction of sp³-hybridized carbons (Fsp3) is 0.433. The minimum atomic E-state index is -3.44. The highest BCUT2D eigenvalue weighted by molar-refractivity contribution is 7.92. The molecule has 3 aromatic rings. The van der Waals surface area contributed by atoms with Crippen LogP contribution in [0.15, 0.2) is 60.9 Å². The summed E-state index contributed by atoms with van der Waals surface area (Å²) in [6.45, 7) is 6.32. The first kappa shape index (κ1) is 33.6. The van der Waals surface area contributed by atoms with Gasteiger partial charge in [0.15, 0.2) is 0 Å². The largest absolute Gasteiger partial charge is 0.483 e. The summed E-state index contributed by atoms with van der Waals surface area (Å²) in [7, 11) is -3.44. The minimum absolute atomic E-state index is 0.0948. The van der Waals surface area contributed by atoms with E-state index in [2.05, 4.69) is 21.0 Å². The molecule has 2 heterocycles. The van der Waals surface area contributed by atoms with Gasteiger partial charge in [0.25, 0.3) is 12.4 Å². The number of nitrogens with one attached hydrogen (secondary N) is 3. The lowest BCUT2D eigenvalue weighted by Crippen LogP contribution is -2.48. The molecule has 0 radical (unpaired) electrons. The van der Waals surface area contributed by atoms with Crippen LogP contribution in [-0.4, -0.2) is 78.3 Å². The Bertz CT molecular complexity index is 1420. The Morgan fingerprint density at radius 2 is 1.86 bits per heavy atom. The molecule has 13 heteroatoms. The van der Waals surface area contributed by atoms with Gasteiger partial charge < -0.3 is 26.2 Å². The number of carbonyl (C=O) groups is 2. The number of aliphatic hydroxyl groups excluding tert-OH is 1. The van der Waals surface area contributed by atoms with Gasteiger partial charge in [0.1, 0.15) is 0 Å². The van der Waals surface area contributed by atoms with Crippen molar-refractivity contribution in [1.82, 2.24) is 20.4 Å². The number of aromatic nitrogens is 2. The molecule has 2 aromatic carbocycles. The van der Waals surface area contributed by atoms with Crippen LogP contribution in [-0.2, 0) is 34.3 Å². The van der Waals surface area contributed by atoms with E-state index in [0.29, 0.717) is 49.4 Å². The second-order valence-electron chi connectivity index (χ2n) is 10.2. The Morgan fingerprint density at radius 3 is 2.51 bits per heavy atom. The molecule has 1 fully saturated rings. The number of amides is 1. The molecule has 43 heavy (non-hydrogen) atoms. The van der Waals surface area contributed by atoms with Crippen LogP contribution in [0.5, 0.6) is 0 Å². The number of aliphatic hydroxyl groups is 1. The highest BCUT2D eigenvalue weighted by Crippen LogP contribution is 2.28. The number of carboxylic acid groups (broad SMARTS) is 1. The summed E-state index contributed by atoms with van der Waals surface area (Å²) in [5.74, 6) is -0.281. The smallest absolute Gasteiger partial charge is 0.290 e. The monoisotopic (exact) mass is 614 g/mol. The Hall–Kier alpha value is -3.94. The maximum absolute atomic E-state index is 13.6. The lowest BCUT2D eigenvalue weighted by atomic mass is 10.00. The predicted molar refractivity (Wildman–Crippen MR) is 167 cm³/mol. The van der Waals surface area contributed by atoms with Crippen LogP contribution in [0.2, 0.25) is 0 Å². The molecule has 234 valence electrons. The van der Waals surface area contributed by atoms with Crippen LogP contribution in [0.3, 0.4) is 0 Å². The summed E-state index contributed by atoms with van der Waals surface area (Å²) in [4.78, 5) is 21.9. The normalized spacial score (nSPS) is 15.5. The lowest BCUT2D eigenvalue weighted by Gasteiger charge is -2.29. The number of hydrogen-bond acceptors (Lipinski definition) is 8. The van der Waals surface area contributed by atoms with Gasteiger partial charge in [0.05, 0.1) is 29.8 Å². The number of anilines is 2. The number of carbonyl (C=O) groups excluding carboxylic acids is 1. The Labute approximate surface area is 253 Å². The SMILES string of the molecule is CCNc1cc(C(=O)N[C@@H](Cc2ccccc2)[C@H](O)CNCc2cnn(CC)c2)cc(N2CCCCS2(=O)=O)c1.O=CO. The van der Waals surface area contributed by atoms with Crippen molar-refractivity contribution in [1.29, 1.82) is 0 Å². The molecular weight excluding hydrogens is 572 g/mol. The minimum Gasteiger partial charge on any atom is -0.483 e. The van der Waals surface area contributed by atoms with E-state index in [9.17, 15) is 18.3 Å². The summed E-state index contributed by atoms with van der Waals surface area (Å²) >= 11 is 0. The second kappa shape index (κ2) is 16.6. The van der Waals surface area contributed by atoms with E-state index in [1.54, 1.807) is 24.4 Å². The summed E-state index contributed by atoms with van der Waals surface area (Å²) in [6, 6.07) is 14.2. The zero-order chi connectivity index (χ0) is 31.2. The second-order valence-corrected chi connectivity index (χ2v) is 12.2. The Balaban J connectivity index is 0.00000162. The van der Waals surface area contributed by atoms with Crippen LogP contribution in [0.4, 0.5) is 11.4 Å². The molecule has 0 spiro atoms. The molecule has 1 aliphatic heterocycles. The first-order valence-corrected chi connectivity index (χ1v) is 16.0. The van der Waals surface area contributed by atoms with E-state index in [-0.39, 0.29) is 24.7 Å². The van der Waals surface area contributed by atoms with Crippen molar-refractivity contribution in [3.63, 3.8) is 0 Å². The Kier molecular flexibility index (Phi) is 13.0. The molecule has 0 saturated carbocycles. The molecular formula is C30H42N6O6S. The molecule has 5 N–H and O–H groups in total. The molecule has 0 aliphatic carbocycles. The van der Waals surface area contributed by atoms with E-state index in [1.165, 1.54) is 4.31 Å². The average Bonchev–Trinajstić information content (AvgIpc) is 3.45. The third-order valence-corrected chi connectivity index (χ3v) is 8.84. The van der Waals surface area contributed by atoms with Gasteiger partial charge in [-0.1, -0.05) is 30.3 Å². The molecule has 12 nitrogen and oxygen atoms in total. The first-order valence-electron chi connectivity index (χ1n) is 14.4. The number of aryl methyl sites for hydroxylation is 1. The highest BCUT2D eigenvalue weighted by atomic mass is 32.2. The van der Waals surface area contributed by atoms with Crippen molar-refractivity contribution < 1.29 is 28.2 Å². The van der Waals surface area contributed by atoms with Gasteiger partial charge in [-0.15, -0.1) is 0 Å². The van der Waals surface area contributed by atoms with E-state index < -0.39 is 22.2 Å². The van der Waals surface area contributed by atoms with Crippen molar-refractivity contribution in [3.05, 3.63) is 77.6 Å². The summed E-state index contributed by atoms with van der Waals surface area (Å²) in [5, 5.41) is 31.8. The fourth-order valence-electron chi connectivity index (χ4n) is 4.85. The van der Waals surface area contributed by atoms with E-state index >= 15 is 0 Å². The molecule has 1 aliphatic rings. The van der Waals surface area contributed by atoms with Crippen molar-refractivity contribution in [2.45, 2.75) is 58.3 Å².